The van der Waals surface area contributed by atoms with Crippen molar-refractivity contribution in [2.45, 2.75) is 60.0 Å². The van der Waals surface area contributed by atoms with Gasteiger partial charge in [0, 0.05) is 0 Å². The van der Waals surface area contributed by atoms with E-state index < -0.39 is 0 Å². The molecule has 0 aromatic carbocycles. The molecule has 0 rings (SSSR count). The maximum absolute atomic E-state index is 11.4. The molecule has 18 heavy (non-hydrogen) atoms. The minimum atomic E-state index is -0.336. The van der Waals surface area contributed by atoms with E-state index in [0.717, 1.165) is 6.42 Å². The van der Waals surface area contributed by atoms with Gasteiger partial charge in [-0.25, -0.2) is 0 Å². The number of carbonyl (C=O) groups excluding carboxylic acids is 2. The summed E-state index contributed by atoms with van der Waals surface area (Å²) in [5.41, 5.74) is 0. The third kappa shape index (κ3) is 8.09. The third-order valence-electron chi connectivity index (χ3n) is 3.02. The van der Waals surface area contributed by atoms with Crippen LogP contribution in [-0.2, 0) is 19.1 Å². The van der Waals surface area contributed by atoms with Crippen LogP contribution in [0.1, 0.15) is 53.9 Å². The maximum atomic E-state index is 11.4. The lowest BCUT2D eigenvalue weighted by molar-refractivity contribution is -0.154. The SMILES string of the molecule is CCC(C)COC(=O)CCC(=O)OC(C)C(C)C. The zero-order chi connectivity index (χ0) is 14.1. The summed E-state index contributed by atoms with van der Waals surface area (Å²) in [5.74, 6) is -0.0192. The number of ether oxygens (including phenoxy) is 2. The van der Waals surface area contributed by atoms with Gasteiger partial charge in [0.2, 0.25) is 0 Å². The molecule has 0 radical (unpaired) electrons. The van der Waals surface area contributed by atoms with Gasteiger partial charge in [0.05, 0.1) is 19.4 Å². The van der Waals surface area contributed by atoms with Gasteiger partial charge in [-0.1, -0.05) is 34.1 Å². The largest absolute Gasteiger partial charge is 0.465 e. The maximum Gasteiger partial charge on any atom is 0.306 e. The molecule has 4 nitrogen and oxygen atoms in total. The lowest BCUT2D eigenvalue weighted by Gasteiger charge is -2.16. The standard InChI is InChI=1S/C14H26O4/c1-6-11(4)9-17-13(15)7-8-14(16)18-12(5)10(2)3/h10-12H,6-9H2,1-5H3. The van der Waals surface area contributed by atoms with Crippen molar-refractivity contribution in [2.75, 3.05) is 6.61 Å². The second-order valence-electron chi connectivity index (χ2n) is 5.14. The molecule has 106 valence electrons. The quantitative estimate of drug-likeness (QED) is 0.628. The van der Waals surface area contributed by atoms with Crippen LogP contribution in [0.25, 0.3) is 0 Å². The van der Waals surface area contributed by atoms with Crippen LogP contribution in [-0.4, -0.2) is 24.6 Å². The first-order chi connectivity index (χ1) is 8.36. The number of carbonyl (C=O) groups is 2. The Balaban J connectivity index is 3.75. The molecule has 0 aliphatic heterocycles. The van der Waals surface area contributed by atoms with Crippen LogP contribution in [0, 0.1) is 11.8 Å². The average molecular weight is 258 g/mol. The number of esters is 2. The van der Waals surface area contributed by atoms with Crippen molar-refractivity contribution in [1.29, 1.82) is 0 Å². The third-order valence-corrected chi connectivity index (χ3v) is 3.02. The summed E-state index contributed by atoms with van der Waals surface area (Å²) in [5, 5.41) is 0. The Labute approximate surface area is 110 Å². The smallest absolute Gasteiger partial charge is 0.306 e. The highest BCUT2D eigenvalue weighted by atomic mass is 16.5. The Morgan fingerprint density at radius 2 is 1.56 bits per heavy atom. The molecule has 0 spiro atoms. The van der Waals surface area contributed by atoms with E-state index in [9.17, 15) is 9.59 Å². The van der Waals surface area contributed by atoms with Crippen LogP contribution < -0.4 is 0 Å². The van der Waals surface area contributed by atoms with Gasteiger partial charge in [-0.3, -0.25) is 9.59 Å². The van der Waals surface area contributed by atoms with Crippen molar-refractivity contribution < 1.29 is 19.1 Å². The lowest BCUT2D eigenvalue weighted by Crippen LogP contribution is -2.21. The molecule has 0 aliphatic carbocycles. The van der Waals surface area contributed by atoms with Crippen molar-refractivity contribution >= 4 is 11.9 Å². The highest BCUT2D eigenvalue weighted by molar-refractivity contribution is 5.77. The molecule has 0 aliphatic rings. The Morgan fingerprint density at radius 1 is 1.00 bits per heavy atom. The minimum Gasteiger partial charge on any atom is -0.465 e. The van der Waals surface area contributed by atoms with Crippen LogP contribution in [0.2, 0.25) is 0 Å². The van der Waals surface area contributed by atoms with Gasteiger partial charge in [-0.15, -0.1) is 0 Å². The molecule has 0 fully saturated rings. The van der Waals surface area contributed by atoms with E-state index in [0.29, 0.717) is 12.5 Å². The monoisotopic (exact) mass is 258 g/mol. The first-order valence-corrected chi connectivity index (χ1v) is 6.71. The fourth-order valence-corrected chi connectivity index (χ4v) is 1.03. The second-order valence-corrected chi connectivity index (χ2v) is 5.14. The van der Waals surface area contributed by atoms with E-state index >= 15 is 0 Å². The van der Waals surface area contributed by atoms with E-state index in [1.807, 2.05) is 34.6 Å². The minimum absolute atomic E-state index is 0.0937. The molecule has 0 aromatic heterocycles. The van der Waals surface area contributed by atoms with E-state index in [4.69, 9.17) is 9.47 Å². The zero-order valence-electron chi connectivity index (χ0n) is 12.2. The van der Waals surface area contributed by atoms with Gasteiger partial charge in [0.25, 0.3) is 0 Å². The molecule has 0 heterocycles. The predicted molar refractivity (Wildman–Crippen MR) is 70.0 cm³/mol. The van der Waals surface area contributed by atoms with Gasteiger partial charge in [0.15, 0.2) is 0 Å². The van der Waals surface area contributed by atoms with Gasteiger partial charge < -0.3 is 9.47 Å². The van der Waals surface area contributed by atoms with Crippen molar-refractivity contribution in [3.8, 4) is 0 Å². The van der Waals surface area contributed by atoms with E-state index in [-0.39, 0.29) is 36.8 Å². The number of hydrogen-bond donors (Lipinski definition) is 0. The molecule has 0 bridgehead atoms. The topological polar surface area (TPSA) is 52.6 Å². The Bertz CT molecular complexity index is 261. The summed E-state index contributed by atoms with van der Waals surface area (Å²) < 4.78 is 10.2. The summed E-state index contributed by atoms with van der Waals surface area (Å²) in [4.78, 5) is 22.8. The summed E-state index contributed by atoms with van der Waals surface area (Å²) >= 11 is 0. The number of rotatable bonds is 8. The van der Waals surface area contributed by atoms with E-state index in [1.165, 1.54) is 0 Å². The lowest BCUT2D eigenvalue weighted by atomic mass is 10.1. The fourth-order valence-electron chi connectivity index (χ4n) is 1.03. The number of hydrogen-bond acceptors (Lipinski definition) is 4. The molecule has 2 unspecified atom stereocenters. The van der Waals surface area contributed by atoms with Crippen molar-refractivity contribution in [3.63, 3.8) is 0 Å². The highest BCUT2D eigenvalue weighted by Crippen LogP contribution is 2.08. The summed E-state index contributed by atoms with van der Waals surface area (Å²) in [7, 11) is 0. The van der Waals surface area contributed by atoms with Crippen LogP contribution in [0.3, 0.4) is 0 Å². The Hall–Kier alpha value is -1.06. The molecule has 4 heteroatoms. The van der Waals surface area contributed by atoms with Crippen molar-refractivity contribution in [3.05, 3.63) is 0 Å². The summed E-state index contributed by atoms with van der Waals surface area (Å²) in [6.45, 7) is 10.3. The van der Waals surface area contributed by atoms with Crippen LogP contribution in [0.15, 0.2) is 0 Å². The Kier molecular flexibility index (Phi) is 8.42. The highest BCUT2D eigenvalue weighted by Gasteiger charge is 2.15. The summed E-state index contributed by atoms with van der Waals surface area (Å²) in [6, 6.07) is 0. The van der Waals surface area contributed by atoms with Crippen molar-refractivity contribution in [2.24, 2.45) is 11.8 Å². The molecule has 0 saturated heterocycles. The normalized spacial score (nSPS) is 14.1. The Morgan fingerprint density at radius 3 is 2.06 bits per heavy atom. The van der Waals surface area contributed by atoms with Gasteiger partial charge in [0.1, 0.15) is 6.10 Å². The van der Waals surface area contributed by atoms with Gasteiger partial charge in [-0.05, 0) is 18.8 Å². The van der Waals surface area contributed by atoms with Gasteiger partial charge in [-0.2, -0.15) is 0 Å². The predicted octanol–water partition coefficient (Wildman–Crippen LogP) is 2.94. The van der Waals surface area contributed by atoms with Crippen LogP contribution >= 0.6 is 0 Å². The average Bonchev–Trinajstić information content (AvgIpc) is 2.32. The first kappa shape index (κ1) is 16.9. The molecular formula is C14H26O4. The van der Waals surface area contributed by atoms with Crippen molar-refractivity contribution in [1.82, 2.24) is 0 Å². The van der Waals surface area contributed by atoms with Crippen LogP contribution in [0.5, 0.6) is 0 Å². The molecule has 0 amide bonds. The molecule has 0 N–H and O–H groups in total. The van der Waals surface area contributed by atoms with E-state index in [1.54, 1.807) is 0 Å². The van der Waals surface area contributed by atoms with E-state index in [2.05, 4.69) is 0 Å². The first-order valence-electron chi connectivity index (χ1n) is 6.71. The second kappa shape index (κ2) is 8.95. The molecule has 0 saturated carbocycles. The molecule has 2 atom stereocenters. The fraction of sp³-hybridized carbons (Fsp3) is 0.857. The summed E-state index contributed by atoms with van der Waals surface area (Å²) in [6.07, 6.45) is 1.05. The molecular weight excluding hydrogens is 232 g/mol. The van der Waals surface area contributed by atoms with Gasteiger partial charge >= 0.3 is 11.9 Å². The van der Waals surface area contributed by atoms with Crippen LogP contribution in [0.4, 0.5) is 0 Å². The molecule has 0 aromatic rings. The zero-order valence-corrected chi connectivity index (χ0v) is 12.2.